The smallest absolute Gasteiger partial charge is 0.229 e. The molecule has 1 saturated heterocycles. The maximum Gasteiger partial charge on any atom is 0.229 e. The van der Waals surface area contributed by atoms with Gasteiger partial charge in [0.05, 0.1) is 0 Å². The van der Waals surface area contributed by atoms with E-state index in [2.05, 4.69) is 12.2 Å². The lowest BCUT2D eigenvalue weighted by Crippen LogP contribution is -2.36. The van der Waals surface area contributed by atoms with Crippen molar-refractivity contribution in [3.05, 3.63) is 0 Å². The van der Waals surface area contributed by atoms with Gasteiger partial charge in [0.1, 0.15) is 0 Å². The van der Waals surface area contributed by atoms with Crippen molar-refractivity contribution in [3.63, 3.8) is 0 Å². The highest BCUT2D eigenvalue weighted by Crippen LogP contribution is 2.14. The third kappa shape index (κ3) is 15.0. The molecule has 0 atom stereocenters. The first-order valence-corrected chi connectivity index (χ1v) is 13.3. The molecule has 0 aromatic heterocycles. The van der Waals surface area contributed by atoms with Crippen LogP contribution in [0, 0.1) is 0 Å². The van der Waals surface area contributed by atoms with Gasteiger partial charge in [-0.25, -0.2) is 0 Å². The van der Waals surface area contributed by atoms with E-state index in [1.54, 1.807) is 0 Å². The zero-order valence-corrected chi connectivity index (χ0v) is 20.0. The van der Waals surface area contributed by atoms with Crippen LogP contribution in [0.15, 0.2) is 0 Å². The molecule has 0 spiro atoms. The lowest BCUT2D eigenvalue weighted by molar-refractivity contribution is -0.138. The third-order valence-corrected chi connectivity index (χ3v) is 6.37. The van der Waals surface area contributed by atoms with Gasteiger partial charge in [-0.2, -0.15) is 0 Å². The maximum absolute atomic E-state index is 11.5. The molecule has 0 aromatic carbocycles. The molecule has 0 bridgehead atoms. The van der Waals surface area contributed by atoms with Crippen LogP contribution in [0.25, 0.3) is 0 Å². The number of carbonyl (C=O) groups is 2. The van der Waals surface area contributed by atoms with E-state index in [-0.39, 0.29) is 11.8 Å². The molecule has 2 amide bonds. The van der Waals surface area contributed by atoms with Crippen molar-refractivity contribution >= 4 is 11.8 Å². The lowest BCUT2D eigenvalue weighted by Gasteiger charge is -2.13. The number of unbranched alkanes of at least 4 members (excludes halogenated alkanes) is 17. The second-order valence-corrected chi connectivity index (χ2v) is 9.20. The van der Waals surface area contributed by atoms with Gasteiger partial charge in [-0.3, -0.25) is 14.5 Å². The van der Waals surface area contributed by atoms with Crippen LogP contribution >= 0.6 is 0 Å². The van der Waals surface area contributed by atoms with Gasteiger partial charge in [0.2, 0.25) is 11.8 Å². The average Bonchev–Trinajstić information content (AvgIpc) is 3.06. The van der Waals surface area contributed by atoms with E-state index in [9.17, 15) is 9.59 Å². The van der Waals surface area contributed by atoms with Gasteiger partial charge in [-0.05, 0) is 13.0 Å². The minimum absolute atomic E-state index is 0.00466. The van der Waals surface area contributed by atoms with Crippen LogP contribution in [0.1, 0.15) is 135 Å². The van der Waals surface area contributed by atoms with Crippen LogP contribution < -0.4 is 5.32 Å². The topological polar surface area (TPSA) is 49.4 Å². The van der Waals surface area contributed by atoms with E-state index in [1.807, 2.05) is 0 Å². The predicted octanol–water partition coefficient (Wildman–Crippen LogP) is 6.77. The molecule has 0 saturated carbocycles. The molecule has 0 radical (unpaired) electrons. The van der Waals surface area contributed by atoms with E-state index in [0.717, 1.165) is 13.1 Å². The van der Waals surface area contributed by atoms with E-state index < -0.39 is 0 Å². The first kappa shape index (κ1) is 27.1. The fraction of sp³-hybridized carbons (Fsp3) is 0.923. The summed E-state index contributed by atoms with van der Waals surface area (Å²) in [6.45, 7) is 4.55. The molecule has 1 fully saturated rings. The van der Waals surface area contributed by atoms with Crippen LogP contribution in [0.4, 0.5) is 0 Å². The van der Waals surface area contributed by atoms with E-state index in [0.29, 0.717) is 19.4 Å². The summed E-state index contributed by atoms with van der Waals surface area (Å²) >= 11 is 0. The summed E-state index contributed by atoms with van der Waals surface area (Å²) in [5.41, 5.74) is 0. The minimum Gasteiger partial charge on any atom is -0.315 e. The fourth-order valence-electron chi connectivity index (χ4n) is 4.34. The largest absolute Gasteiger partial charge is 0.315 e. The molecule has 1 aliphatic heterocycles. The SMILES string of the molecule is CCCCCCCCCCCCCCCCCCCCNCCN1C(=O)CCC1=O. The van der Waals surface area contributed by atoms with Gasteiger partial charge < -0.3 is 5.32 Å². The monoisotopic (exact) mass is 422 g/mol. The minimum atomic E-state index is -0.00466. The Morgan fingerprint density at radius 2 is 0.933 bits per heavy atom. The molecule has 1 N–H and O–H groups in total. The van der Waals surface area contributed by atoms with Crippen molar-refractivity contribution in [3.8, 4) is 0 Å². The summed E-state index contributed by atoms with van der Waals surface area (Å²) in [6, 6.07) is 0. The summed E-state index contributed by atoms with van der Waals surface area (Å²) in [7, 11) is 0. The second kappa shape index (κ2) is 20.0. The molecular weight excluding hydrogens is 372 g/mol. The van der Waals surface area contributed by atoms with E-state index in [4.69, 9.17) is 0 Å². The number of hydrogen-bond acceptors (Lipinski definition) is 3. The third-order valence-electron chi connectivity index (χ3n) is 6.37. The predicted molar refractivity (Wildman–Crippen MR) is 128 cm³/mol. The van der Waals surface area contributed by atoms with Crippen molar-refractivity contribution in [2.24, 2.45) is 0 Å². The molecule has 1 aliphatic rings. The number of amides is 2. The molecule has 0 aliphatic carbocycles. The Morgan fingerprint density at radius 3 is 1.33 bits per heavy atom. The number of nitrogens with zero attached hydrogens (tertiary/aromatic N) is 1. The van der Waals surface area contributed by atoms with Crippen molar-refractivity contribution in [2.45, 2.75) is 135 Å². The fourth-order valence-corrected chi connectivity index (χ4v) is 4.34. The van der Waals surface area contributed by atoms with Crippen LogP contribution in [0.5, 0.6) is 0 Å². The Kier molecular flexibility index (Phi) is 18.1. The second-order valence-electron chi connectivity index (χ2n) is 9.20. The zero-order valence-electron chi connectivity index (χ0n) is 20.0. The summed E-state index contributed by atoms with van der Waals surface area (Å²) in [5.74, 6) is -0.00932. The number of carbonyl (C=O) groups excluding carboxylic acids is 2. The molecule has 176 valence electrons. The lowest BCUT2D eigenvalue weighted by atomic mass is 10.0. The number of rotatable bonds is 22. The number of nitrogens with one attached hydrogen (secondary N) is 1. The van der Waals surface area contributed by atoms with Crippen LogP contribution in [0.2, 0.25) is 0 Å². The Labute approximate surface area is 186 Å². The maximum atomic E-state index is 11.5. The summed E-state index contributed by atoms with van der Waals surface area (Å²) in [4.78, 5) is 24.4. The van der Waals surface area contributed by atoms with Crippen molar-refractivity contribution in [1.82, 2.24) is 10.2 Å². The summed E-state index contributed by atoms with van der Waals surface area (Å²) in [5, 5.41) is 3.36. The van der Waals surface area contributed by atoms with Gasteiger partial charge in [0.15, 0.2) is 0 Å². The van der Waals surface area contributed by atoms with Crippen LogP contribution in [-0.2, 0) is 9.59 Å². The summed E-state index contributed by atoms with van der Waals surface area (Å²) < 4.78 is 0. The zero-order chi connectivity index (χ0) is 21.7. The Bertz CT molecular complexity index is 409. The van der Waals surface area contributed by atoms with Crippen molar-refractivity contribution < 1.29 is 9.59 Å². The highest BCUT2D eigenvalue weighted by molar-refractivity contribution is 6.01. The van der Waals surface area contributed by atoms with Gasteiger partial charge >= 0.3 is 0 Å². The average molecular weight is 423 g/mol. The molecular formula is C26H50N2O2. The van der Waals surface area contributed by atoms with Gasteiger partial charge in [-0.1, -0.05) is 116 Å². The summed E-state index contributed by atoms with van der Waals surface area (Å²) in [6.07, 6.45) is 26.0. The molecule has 0 aromatic rings. The first-order chi connectivity index (χ1) is 14.8. The highest BCUT2D eigenvalue weighted by atomic mass is 16.2. The van der Waals surface area contributed by atoms with Crippen molar-refractivity contribution in [1.29, 1.82) is 0 Å². The van der Waals surface area contributed by atoms with Gasteiger partial charge in [0.25, 0.3) is 0 Å². The Hall–Kier alpha value is -0.900. The van der Waals surface area contributed by atoms with Gasteiger partial charge in [-0.15, -0.1) is 0 Å². The Balaban J connectivity index is 1.68. The molecule has 4 nitrogen and oxygen atoms in total. The van der Waals surface area contributed by atoms with E-state index in [1.165, 1.54) is 120 Å². The quantitative estimate of drug-likeness (QED) is 0.155. The number of imide groups is 1. The molecule has 30 heavy (non-hydrogen) atoms. The van der Waals surface area contributed by atoms with Gasteiger partial charge in [0, 0.05) is 25.9 Å². The standard InChI is InChI=1S/C26H50N2O2/c1-2-3-4-5-6-7-8-9-10-11-12-13-14-15-16-17-18-19-22-27-23-24-28-25(29)20-21-26(28)30/h27H,2-24H2,1H3. The molecule has 1 heterocycles. The molecule has 1 rings (SSSR count). The Morgan fingerprint density at radius 1 is 0.567 bits per heavy atom. The van der Waals surface area contributed by atoms with E-state index >= 15 is 0 Å². The molecule has 4 heteroatoms. The van der Waals surface area contributed by atoms with Crippen molar-refractivity contribution in [2.75, 3.05) is 19.6 Å². The number of hydrogen-bond donors (Lipinski definition) is 1. The molecule has 0 unspecified atom stereocenters. The highest BCUT2D eigenvalue weighted by Gasteiger charge is 2.27. The van der Waals surface area contributed by atoms with Crippen LogP contribution in [0.3, 0.4) is 0 Å². The first-order valence-electron chi connectivity index (χ1n) is 13.3. The normalized spacial score (nSPS) is 14.2. The van der Waals surface area contributed by atoms with Crippen LogP contribution in [-0.4, -0.2) is 36.3 Å². The number of likely N-dealkylation sites (tertiary alicyclic amines) is 1.